The number of aromatic nitrogens is 1. The summed E-state index contributed by atoms with van der Waals surface area (Å²) in [4.78, 5) is 28.5. The van der Waals surface area contributed by atoms with E-state index in [0.717, 1.165) is 10.5 Å². The Bertz CT molecular complexity index is 732. The van der Waals surface area contributed by atoms with Crippen molar-refractivity contribution in [3.05, 3.63) is 59.7 Å². The van der Waals surface area contributed by atoms with Crippen molar-refractivity contribution in [1.82, 2.24) is 4.98 Å². The topological polar surface area (TPSA) is 70.5 Å². The maximum atomic E-state index is 13.7. The summed E-state index contributed by atoms with van der Waals surface area (Å²) in [5, 5.41) is 9.32. The van der Waals surface area contributed by atoms with Crippen molar-refractivity contribution in [1.29, 1.82) is 0 Å². The summed E-state index contributed by atoms with van der Waals surface area (Å²) < 4.78 is 13.7. The molecule has 0 bridgehead atoms. The third kappa shape index (κ3) is 2.14. The van der Waals surface area contributed by atoms with E-state index in [9.17, 15) is 19.1 Å². The highest BCUT2D eigenvalue weighted by Crippen LogP contribution is 2.33. The van der Waals surface area contributed by atoms with Crippen LogP contribution >= 0.6 is 0 Å². The molecule has 0 saturated heterocycles. The van der Waals surface area contributed by atoms with Crippen molar-refractivity contribution >= 4 is 17.6 Å². The highest BCUT2D eigenvalue weighted by Gasteiger charge is 2.39. The molecule has 5 nitrogen and oxygen atoms in total. The molecule has 1 atom stereocenters. The van der Waals surface area contributed by atoms with Gasteiger partial charge in [-0.2, -0.15) is 4.39 Å². The van der Waals surface area contributed by atoms with Crippen LogP contribution in [0.3, 0.4) is 0 Å². The molecular formula is C15H11FN2O3. The third-order valence-electron chi connectivity index (χ3n) is 3.47. The van der Waals surface area contributed by atoms with E-state index in [4.69, 9.17) is 0 Å². The molecule has 1 amide bonds. The first-order valence-electron chi connectivity index (χ1n) is 6.34. The maximum absolute atomic E-state index is 13.7. The average molecular weight is 286 g/mol. The van der Waals surface area contributed by atoms with Gasteiger partial charge in [0.2, 0.25) is 5.95 Å². The standard InChI is InChI=1S/C15H11FN2O3/c16-13-10(5-3-7-17-13)14(19)18-11-6-2-1-4-9(11)8-12(18)15(20)21/h1-7,12H,8H2,(H,20,21)/t12-/m0/s1. The van der Waals surface area contributed by atoms with E-state index in [2.05, 4.69) is 4.98 Å². The van der Waals surface area contributed by atoms with Crippen molar-refractivity contribution < 1.29 is 19.1 Å². The largest absolute Gasteiger partial charge is 0.480 e. The Kier molecular flexibility index (Phi) is 3.13. The number of benzene rings is 1. The first-order valence-corrected chi connectivity index (χ1v) is 6.34. The van der Waals surface area contributed by atoms with Gasteiger partial charge in [-0.25, -0.2) is 9.78 Å². The molecule has 0 aliphatic carbocycles. The number of anilines is 1. The molecule has 21 heavy (non-hydrogen) atoms. The van der Waals surface area contributed by atoms with Crippen LogP contribution in [0.25, 0.3) is 0 Å². The van der Waals surface area contributed by atoms with Gasteiger partial charge in [0.1, 0.15) is 6.04 Å². The van der Waals surface area contributed by atoms with Crippen molar-refractivity contribution in [3.63, 3.8) is 0 Å². The summed E-state index contributed by atoms with van der Waals surface area (Å²) in [7, 11) is 0. The van der Waals surface area contributed by atoms with Gasteiger partial charge in [-0.05, 0) is 23.8 Å². The van der Waals surface area contributed by atoms with Crippen LogP contribution in [0.2, 0.25) is 0 Å². The smallest absolute Gasteiger partial charge is 0.327 e. The number of hydrogen-bond donors (Lipinski definition) is 1. The highest BCUT2D eigenvalue weighted by molar-refractivity contribution is 6.10. The number of carbonyl (C=O) groups is 2. The molecular weight excluding hydrogens is 275 g/mol. The number of para-hydroxylation sites is 1. The number of nitrogens with zero attached hydrogens (tertiary/aromatic N) is 2. The summed E-state index contributed by atoms with van der Waals surface area (Å²) in [6.07, 6.45) is 1.44. The number of carboxylic acid groups (broad SMARTS) is 1. The third-order valence-corrected chi connectivity index (χ3v) is 3.47. The van der Waals surface area contributed by atoms with Gasteiger partial charge in [0.05, 0.1) is 5.56 Å². The molecule has 1 aliphatic heterocycles. The summed E-state index contributed by atoms with van der Waals surface area (Å²) in [5.74, 6) is -2.72. The lowest BCUT2D eigenvalue weighted by Crippen LogP contribution is -2.43. The first-order chi connectivity index (χ1) is 10.1. The SMILES string of the molecule is O=C(O)[C@@H]1Cc2ccccc2N1C(=O)c1cccnc1F. The minimum absolute atomic E-state index is 0.207. The molecule has 2 heterocycles. The maximum Gasteiger partial charge on any atom is 0.327 e. The van der Waals surface area contributed by atoms with E-state index in [1.807, 2.05) is 0 Å². The van der Waals surface area contributed by atoms with E-state index < -0.39 is 23.9 Å². The quantitative estimate of drug-likeness (QED) is 0.856. The fourth-order valence-corrected chi connectivity index (χ4v) is 2.51. The Hall–Kier alpha value is -2.76. The second-order valence-corrected chi connectivity index (χ2v) is 4.70. The molecule has 106 valence electrons. The molecule has 0 saturated carbocycles. The predicted molar refractivity (Wildman–Crippen MR) is 72.6 cm³/mol. The molecule has 1 N–H and O–H groups in total. The predicted octanol–water partition coefficient (Wildman–Crippen LogP) is 1.88. The Balaban J connectivity index is 2.08. The molecule has 1 aromatic heterocycles. The van der Waals surface area contributed by atoms with Gasteiger partial charge in [-0.15, -0.1) is 0 Å². The zero-order valence-corrected chi connectivity index (χ0v) is 10.9. The van der Waals surface area contributed by atoms with Crippen molar-refractivity contribution in [2.24, 2.45) is 0 Å². The molecule has 1 aromatic carbocycles. The monoisotopic (exact) mass is 286 g/mol. The zero-order valence-electron chi connectivity index (χ0n) is 10.9. The van der Waals surface area contributed by atoms with Gasteiger partial charge in [0.15, 0.2) is 0 Å². The highest BCUT2D eigenvalue weighted by atomic mass is 19.1. The number of carboxylic acids is 1. The van der Waals surface area contributed by atoms with Crippen LogP contribution in [0.1, 0.15) is 15.9 Å². The Labute approximate surface area is 119 Å². The lowest BCUT2D eigenvalue weighted by molar-refractivity contribution is -0.138. The number of hydrogen-bond acceptors (Lipinski definition) is 3. The van der Waals surface area contributed by atoms with Crippen LogP contribution in [0.15, 0.2) is 42.6 Å². The molecule has 3 rings (SSSR count). The van der Waals surface area contributed by atoms with Crippen LogP contribution in [-0.4, -0.2) is 28.0 Å². The van der Waals surface area contributed by atoms with E-state index in [-0.39, 0.29) is 12.0 Å². The molecule has 6 heteroatoms. The van der Waals surface area contributed by atoms with E-state index in [1.165, 1.54) is 18.3 Å². The van der Waals surface area contributed by atoms with Crippen LogP contribution in [0, 0.1) is 5.95 Å². The minimum Gasteiger partial charge on any atom is -0.480 e. The van der Waals surface area contributed by atoms with Gasteiger partial charge in [0.25, 0.3) is 5.91 Å². The Morgan fingerprint density at radius 3 is 2.71 bits per heavy atom. The Morgan fingerprint density at radius 2 is 2.00 bits per heavy atom. The van der Waals surface area contributed by atoms with Crippen LogP contribution in [0.4, 0.5) is 10.1 Å². The number of halogens is 1. The normalized spacial score (nSPS) is 16.6. The average Bonchev–Trinajstić information content (AvgIpc) is 2.86. The summed E-state index contributed by atoms with van der Waals surface area (Å²) in [6.45, 7) is 0. The van der Waals surface area contributed by atoms with Gasteiger partial charge in [0, 0.05) is 18.3 Å². The fraction of sp³-hybridized carbons (Fsp3) is 0.133. The Morgan fingerprint density at radius 1 is 1.24 bits per heavy atom. The lowest BCUT2D eigenvalue weighted by atomic mass is 10.1. The second-order valence-electron chi connectivity index (χ2n) is 4.70. The number of rotatable bonds is 2. The molecule has 2 aromatic rings. The minimum atomic E-state index is -1.12. The van der Waals surface area contributed by atoms with Crippen molar-refractivity contribution in [2.75, 3.05) is 4.90 Å². The van der Waals surface area contributed by atoms with E-state index >= 15 is 0 Å². The zero-order chi connectivity index (χ0) is 15.0. The van der Waals surface area contributed by atoms with Gasteiger partial charge in [-0.1, -0.05) is 18.2 Å². The van der Waals surface area contributed by atoms with Crippen molar-refractivity contribution in [2.45, 2.75) is 12.5 Å². The van der Waals surface area contributed by atoms with E-state index in [1.54, 1.807) is 24.3 Å². The first kappa shape index (κ1) is 13.2. The summed E-state index contributed by atoms with van der Waals surface area (Å²) in [5.41, 5.74) is 1.01. The fourth-order valence-electron chi connectivity index (χ4n) is 2.51. The second kappa shape index (κ2) is 4.97. The van der Waals surface area contributed by atoms with Gasteiger partial charge >= 0.3 is 5.97 Å². The van der Waals surface area contributed by atoms with Crippen LogP contribution in [0.5, 0.6) is 0 Å². The molecule has 0 fully saturated rings. The molecule has 0 spiro atoms. The van der Waals surface area contributed by atoms with Gasteiger partial charge in [-0.3, -0.25) is 9.69 Å². The van der Waals surface area contributed by atoms with Crippen LogP contribution < -0.4 is 4.90 Å². The molecule has 0 radical (unpaired) electrons. The number of aliphatic carboxylic acids is 1. The number of fused-ring (bicyclic) bond motifs is 1. The lowest BCUT2D eigenvalue weighted by Gasteiger charge is -2.22. The number of pyridine rings is 1. The van der Waals surface area contributed by atoms with Crippen LogP contribution in [-0.2, 0) is 11.2 Å². The number of carbonyl (C=O) groups excluding carboxylic acids is 1. The summed E-state index contributed by atoms with van der Waals surface area (Å²) in [6, 6.07) is 8.61. The molecule has 1 aliphatic rings. The summed E-state index contributed by atoms with van der Waals surface area (Å²) >= 11 is 0. The van der Waals surface area contributed by atoms with E-state index in [0.29, 0.717) is 5.69 Å². The molecule has 0 unspecified atom stereocenters. The number of amides is 1. The van der Waals surface area contributed by atoms with Crippen molar-refractivity contribution in [3.8, 4) is 0 Å². The van der Waals surface area contributed by atoms with Gasteiger partial charge < -0.3 is 5.11 Å².